The molecule has 2 atom stereocenters. The SMILES string of the molecule is COC(=O)[C@H]1CCCCN1CC1CCC2(CCCCC2)O1. The maximum absolute atomic E-state index is 11.9. The number of carbonyl (C=O) groups excluding carboxylic acids is 1. The Bertz CT molecular complexity index is 365. The van der Waals surface area contributed by atoms with Gasteiger partial charge < -0.3 is 9.47 Å². The van der Waals surface area contributed by atoms with Crippen LogP contribution in [0.15, 0.2) is 0 Å². The summed E-state index contributed by atoms with van der Waals surface area (Å²) in [7, 11) is 1.50. The Hall–Kier alpha value is -0.610. The van der Waals surface area contributed by atoms with Crippen molar-refractivity contribution in [1.29, 1.82) is 0 Å². The topological polar surface area (TPSA) is 38.8 Å². The molecule has 2 heterocycles. The fraction of sp³-hybridized carbons (Fsp3) is 0.941. The number of hydrogen-bond donors (Lipinski definition) is 0. The van der Waals surface area contributed by atoms with Crippen molar-refractivity contribution in [2.45, 2.75) is 82.0 Å². The largest absolute Gasteiger partial charge is 0.468 e. The van der Waals surface area contributed by atoms with Gasteiger partial charge in [-0.05, 0) is 45.1 Å². The minimum absolute atomic E-state index is 0.0461. The Balaban J connectivity index is 1.56. The number of hydrogen-bond acceptors (Lipinski definition) is 4. The summed E-state index contributed by atoms with van der Waals surface area (Å²) < 4.78 is 11.4. The molecule has 0 bridgehead atoms. The zero-order chi connectivity index (χ0) is 14.7. The Labute approximate surface area is 128 Å². The van der Waals surface area contributed by atoms with E-state index in [1.54, 1.807) is 0 Å². The molecule has 1 saturated carbocycles. The Morgan fingerprint density at radius 2 is 1.95 bits per heavy atom. The molecule has 2 aliphatic heterocycles. The molecular weight excluding hydrogens is 266 g/mol. The molecule has 3 fully saturated rings. The van der Waals surface area contributed by atoms with E-state index in [-0.39, 0.29) is 17.6 Å². The van der Waals surface area contributed by atoms with Gasteiger partial charge in [-0.1, -0.05) is 25.7 Å². The van der Waals surface area contributed by atoms with E-state index in [1.807, 2.05) is 0 Å². The molecule has 0 radical (unpaired) electrons. The molecule has 1 unspecified atom stereocenters. The lowest BCUT2D eigenvalue weighted by Gasteiger charge is -2.37. The molecule has 1 spiro atoms. The minimum Gasteiger partial charge on any atom is -0.468 e. The average Bonchev–Trinajstić information content (AvgIpc) is 2.90. The predicted molar refractivity (Wildman–Crippen MR) is 81.2 cm³/mol. The maximum Gasteiger partial charge on any atom is 0.323 e. The van der Waals surface area contributed by atoms with Crippen molar-refractivity contribution in [3.8, 4) is 0 Å². The highest BCUT2D eigenvalue weighted by atomic mass is 16.5. The van der Waals surface area contributed by atoms with E-state index in [0.29, 0.717) is 6.10 Å². The third-order valence-corrected chi connectivity index (χ3v) is 5.63. The molecule has 4 heteroatoms. The summed E-state index contributed by atoms with van der Waals surface area (Å²) in [4.78, 5) is 14.2. The first kappa shape index (κ1) is 15.3. The van der Waals surface area contributed by atoms with Crippen LogP contribution < -0.4 is 0 Å². The zero-order valence-corrected chi connectivity index (χ0v) is 13.3. The van der Waals surface area contributed by atoms with Gasteiger partial charge in [0.1, 0.15) is 6.04 Å². The molecule has 1 aliphatic carbocycles. The van der Waals surface area contributed by atoms with E-state index in [9.17, 15) is 4.79 Å². The zero-order valence-electron chi connectivity index (χ0n) is 13.3. The molecule has 3 aliphatic rings. The van der Waals surface area contributed by atoms with Gasteiger partial charge in [0, 0.05) is 6.54 Å². The molecular formula is C17H29NO3. The van der Waals surface area contributed by atoms with Crippen LogP contribution in [0.1, 0.15) is 64.2 Å². The van der Waals surface area contributed by atoms with Gasteiger partial charge in [-0.25, -0.2) is 0 Å². The van der Waals surface area contributed by atoms with Crippen molar-refractivity contribution in [2.75, 3.05) is 20.2 Å². The molecule has 0 amide bonds. The molecule has 21 heavy (non-hydrogen) atoms. The highest BCUT2D eigenvalue weighted by molar-refractivity contribution is 5.75. The van der Waals surface area contributed by atoms with Gasteiger partial charge in [-0.15, -0.1) is 0 Å². The summed E-state index contributed by atoms with van der Waals surface area (Å²) in [6.07, 6.45) is 12.4. The van der Waals surface area contributed by atoms with Crippen LogP contribution in [-0.4, -0.2) is 48.8 Å². The number of ether oxygens (including phenoxy) is 2. The Morgan fingerprint density at radius 1 is 1.14 bits per heavy atom. The lowest BCUT2D eigenvalue weighted by molar-refractivity contribution is -0.149. The summed E-state index contributed by atoms with van der Waals surface area (Å²) in [5.74, 6) is -0.0694. The number of piperidine rings is 1. The summed E-state index contributed by atoms with van der Waals surface area (Å²) in [6.45, 7) is 1.91. The number of rotatable bonds is 3. The fourth-order valence-electron chi connectivity index (χ4n) is 4.46. The molecule has 120 valence electrons. The summed E-state index contributed by atoms with van der Waals surface area (Å²) in [5.41, 5.74) is 0.180. The summed E-state index contributed by atoms with van der Waals surface area (Å²) in [5, 5.41) is 0. The second-order valence-corrected chi connectivity index (χ2v) is 7.05. The number of methoxy groups -OCH3 is 1. The second-order valence-electron chi connectivity index (χ2n) is 7.05. The molecule has 0 aromatic heterocycles. The van der Waals surface area contributed by atoms with E-state index in [1.165, 1.54) is 52.1 Å². The molecule has 2 saturated heterocycles. The van der Waals surface area contributed by atoms with E-state index >= 15 is 0 Å². The Kier molecular flexibility index (Phi) is 4.85. The van der Waals surface area contributed by atoms with Crippen LogP contribution in [0.2, 0.25) is 0 Å². The first-order valence-corrected chi connectivity index (χ1v) is 8.72. The fourth-order valence-corrected chi connectivity index (χ4v) is 4.46. The third-order valence-electron chi connectivity index (χ3n) is 5.63. The molecule has 0 N–H and O–H groups in total. The van der Waals surface area contributed by atoms with Crippen LogP contribution >= 0.6 is 0 Å². The predicted octanol–water partition coefficient (Wildman–Crippen LogP) is 2.90. The lowest BCUT2D eigenvalue weighted by Crippen LogP contribution is -2.48. The number of carbonyl (C=O) groups is 1. The van der Waals surface area contributed by atoms with Gasteiger partial charge >= 0.3 is 5.97 Å². The molecule has 3 rings (SSSR count). The van der Waals surface area contributed by atoms with Crippen LogP contribution in [0.25, 0.3) is 0 Å². The van der Waals surface area contributed by atoms with Gasteiger partial charge in [0.25, 0.3) is 0 Å². The van der Waals surface area contributed by atoms with Crippen LogP contribution in [0.5, 0.6) is 0 Å². The van der Waals surface area contributed by atoms with E-state index in [0.717, 1.165) is 32.4 Å². The lowest BCUT2D eigenvalue weighted by atomic mass is 9.83. The van der Waals surface area contributed by atoms with Crippen molar-refractivity contribution < 1.29 is 14.3 Å². The Morgan fingerprint density at radius 3 is 2.71 bits per heavy atom. The second kappa shape index (κ2) is 6.66. The van der Waals surface area contributed by atoms with Crippen LogP contribution in [0.3, 0.4) is 0 Å². The standard InChI is InChI=1S/C17H29NO3/c1-20-16(19)15-7-3-6-12-18(15)13-14-8-11-17(21-14)9-4-2-5-10-17/h14-15H,2-13H2,1H3/t14?,15-/m1/s1. The van der Waals surface area contributed by atoms with Gasteiger partial charge in [0.2, 0.25) is 0 Å². The van der Waals surface area contributed by atoms with E-state index < -0.39 is 0 Å². The third kappa shape index (κ3) is 3.42. The highest BCUT2D eigenvalue weighted by Gasteiger charge is 2.42. The molecule has 0 aromatic rings. The van der Waals surface area contributed by atoms with Crippen molar-refractivity contribution in [3.63, 3.8) is 0 Å². The maximum atomic E-state index is 11.9. The first-order chi connectivity index (χ1) is 10.2. The average molecular weight is 295 g/mol. The quantitative estimate of drug-likeness (QED) is 0.751. The normalized spacial score (nSPS) is 33.2. The van der Waals surface area contributed by atoms with Crippen LogP contribution in [0, 0.1) is 0 Å². The molecule has 0 aromatic carbocycles. The number of esters is 1. The number of likely N-dealkylation sites (tertiary alicyclic amines) is 1. The van der Waals surface area contributed by atoms with Crippen molar-refractivity contribution in [2.24, 2.45) is 0 Å². The smallest absolute Gasteiger partial charge is 0.323 e. The van der Waals surface area contributed by atoms with Crippen LogP contribution in [-0.2, 0) is 14.3 Å². The van der Waals surface area contributed by atoms with E-state index in [2.05, 4.69) is 4.90 Å². The summed E-state index contributed by atoms with van der Waals surface area (Å²) >= 11 is 0. The highest BCUT2D eigenvalue weighted by Crippen LogP contribution is 2.42. The van der Waals surface area contributed by atoms with Gasteiger partial charge in [-0.3, -0.25) is 9.69 Å². The van der Waals surface area contributed by atoms with E-state index in [4.69, 9.17) is 9.47 Å². The molecule has 4 nitrogen and oxygen atoms in total. The first-order valence-electron chi connectivity index (χ1n) is 8.72. The monoisotopic (exact) mass is 295 g/mol. The van der Waals surface area contributed by atoms with Gasteiger partial charge in [0.05, 0.1) is 18.8 Å². The summed E-state index contributed by atoms with van der Waals surface area (Å²) in [6, 6.07) is -0.0461. The van der Waals surface area contributed by atoms with Crippen molar-refractivity contribution in [3.05, 3.63) is 0 Å². The van der Waals surface area contributed by atoms with Gasteiger partial charge in [-0.2, -0.15) is 0 Å². The number of nitrogens with zero attached hydrogens (tertiary/aromatic N) is 1. The minimum atomic E-state index is -0.0694. The van der Waals surface area contributed by atoms with Gasteiger partial charge in [0.15, 0.2) is 0 Å². The van der Waals surface area contributed by atoms with Crippen molar-refractivity contribution in [1.82, 2.24) is 4.90 Å². The van der Waals surface area contributed by atoms with Crippen LogP contribution in [0.4, 0.5) is 0 Å². The van der Waals surface area contributed by atoms with Crippen molar-refractivity contribution >= 4 is 5.97 Å².